The van der Waals surface area contributed by atoms with Crippen LogP contribution in [0.3, 0.4) is 0 Å². The molecule has 0 amide bonds. The van der Waals surface area contributed by atoms with Gasteiger partial charge in [-0.1, -0.05) is 42.3 Å². The third-order valence-electron chi connectivity index (χ3n) is 2.92. The van der Waals surface area contributed by atoms with Crippen molar-refractivity contribution >= 4 is 21.6 Å². The topological polar surface area (TPSA) is 3.24 Å². The van der Waals surface area contributed by atoms with E-state index in [9.17, 15) is 4.39 Å². The lowest BCUT2D eigenvalue weighted by Crippen LogP contribution is -2.24. The minimum atomic E-state index is -0.134. The SMILES string of the molecule is CCC(C)CN(C)c1cccc(F)c1CBr. The predicted octanol–water partition coefficient (Wildman–Crippen LogP) is 4.20. The van der Waals surface area contributed by atoms with Crippen molar-refractivity contribution in [2.75, 3.05) is 18.5 Å². The molecule has 16 heavy (non-hydrogen) atoms. The highest BCUT2D eigenvalue weighted by Crippen LogP contribution is 2.25. The number of rotatable bonds is 5. The number of benzene rings is 1. The fraction of sp³-hybridized carbons (Fsp3) is 0.538. The van der Waals surface area contributed by atoms with Crippen LogP contribution >= 0.6 is 15.9 Å². The van der Waals surface area contributed by atoms with Crippen molar-refractivity contribution in [3.8, 4) is 0 Å². The van der Waals surface area contributed by atoms with Gasteiger partial charge in [-0.2, -0.15) is 0 Å². The molecule has 90 valence electrons. The van der Waals surface area contributed by atoms with E-state index in [2.05, 4.69) is 34.7 Å². The van der Waals surface area contributed by atoms with Crippen LogP contribution in [0.4, 0.5) is 10.1 Å². The zero-order chi connectivity index (χ0) is 12.1. The maximum Gasteiger partial charge on any atom is 0.129 e. The van der Waals surface area contributed by atoms with Gasteiger partial charge >= 0.3 is 0 Å². The number of nitrogens with zero attached hydrogens (tertiary/aromatic N) is 1. The summed E-state index contributed by atoms with van der Waals surface area (Å²) in [6.45, 7) is 5.35. The van der Waals surface area contributed by atoms with Crippen molar-refractivity contribution < 1.29 is 4.39 Å². The molecule has 0 saturated heterocycles. The second-order valence-electron chi connectivity index (χ2n) is 4.27. The Bertz CT molecular complexity index is 341. The van der Waals surface area contributed by atoms with E-state index >= 15 is 0 Å². The van der Waals surface area contributed by atoms with Gasteiger partial charge in [0.15, 0.2) is 0 Å². The summed E-state index contributed by atoms with van der Waals surface area (Å²) in [6, 6.07) is 5.25. The Balaban J connectivity index is 2.90. The third-order valence-corrected chi connectivity index (χ3v) is 3.48. The van der Waals surface area contributed by atoms with E-state index in [4.69, 9.17) is 0 Å². The number of hydrogen-bond acceptors (Lipinski definition) is 1. The molecule has 1 aromatic carbocycles. The van der Waals surface area contributed by atoms with Gasteiger partial charge in [0, 0.05) is 30.2 Å². The monoisotopic (exact) mass is 287 g/mol. The lowest BCUT2D eigenvalue weighted by molar-refractivity contribution is 0.557. The van der Waals surface area contributed by atoms with Crippen LogP contribution in [0, 0.1) is 11.7 Å². The van der Waals surface area contributed by atoms with Gasteiger partial charge in [-0.05, 0) is 18.1 Å². The average Bonchev–Trinajstić information content (AvgIpc) is 2.28. The Kier molecular flexibility index (Phi) is 5.26. The highest BCUT2D eigenvalue weighted by molar-refractivity contribution is 9.08. The molecule has 0 fully saturated rings. The minimum Gasteiger partial charge on any atom is -0.374 e. The van der Waals surface area contributed by atoms with E-state index in [0.29, 0.717) is 11.2 Å². The molecule has 1 aromatic rings. The molecule has 0 aliphatic heterocycles. The van der Waals surface area contributed by atoms with Crippen molar-refractivity contribution in [2.24, 2.45) is 5.92 Å². The van der Waals surface area contributed by atoms with Crippen molar-refractivity contribution in [1.29, 1.82) is 0 Å². The molecule has 0 saturated carbocycles. The van der Waals surface area contributed by atoms with Crippen molar-refractivity contribution in [3.63, 3.8) is 0 Å². The van der Waals surface area contributed by atoms with E-state index in [0.717, 1.165) is 24.2 Å². The Morgan fingerprint density at radius 2 is 2.12 bits per heavy atom. The number of anilines is 1. The van der Waals surface area contributed by atoms with Crippen LogP contribution < -0.4 is 4.90 Å². The Morgan fingerprint density at radius 3 is 2.69 bits per heavy atom. The van der Waals surface area contributed by atoms with Crippen LogP contribution in [-0.4, -0.2) is 13.6 Å². The highest BCUT2D eigenvalue weighted by Gasteiger charge is 2.12. The Morgan fingerprint density at radius 1 is 1.44 bits per heavy atom. The molecule has 0 N–H and O–H groups in total. The van der Waals surface area contributed by atoms with E-state index in [1.165, 1.54) is 6.07 Å². The number of halogens is 2. The lowest BCUT2D eigenvalue weighted by atomic mass is 10.1. The van der Waals surface area contributed by atoms with Gasteiger partial charge in [-0.3, -0.25) is 0 Å². The molecular weight excluding hydrogens is 269 g/mol. The summed E-state index contributed by atoms with van der Waals surface area (Å²) in [5.41, 5.74) is 1.73. The summed E-state index contributed by atoms with van der Waals surface area (Å²) in [4.78, 5) is 2.13. The van der Waals surface area contributed by atoms with E-state index in [-0.39, 0.29) is 5.82 Å². The summed E-state index contributed by atoms with van der Waals surface area (Å²) in [7, 11) is 2.02. The fourth-order valence-electron chi connectivity index (χ4n) is 1.73. The zero-order valence-corrected chi connectivity index (χ0v) is 11.7. The summed E-state index contributed by atoms with van der Waals surface area (Å²) in [6.07, 6.45) is 1.14. The molecule has 0 bridgehead atoms. The van der Waals surface area contributed by atoms with Gasteiger partial charge in [-0.15, -0.1) is 0 Å². The second kappa shape index (κ2) is 6.24. The van der Waals surface area contributed by atoms with Crippen LogP contribution in [0.1, 0.15) is 25.8 Å². The fourth-order valence-corrected chi connectivity index (χ4v) is 2.29. The molecular formula is C13H19BrFN. The van der Waals surface area contributed by atoms with Crippen molar-refractivity contribution in [1.82, 2.24) is 0 Å². The standard InChI is InChI=1S/C13H19BrFN/c1-4-10(2)9-16(3)13-7-5-6-12(15)11(13)8-14/h5-7,10H,4,8-9H2,1-3H3. The van der Waals surface area contributed by atoms with Crippen LogP contribution in [-0.2, 0) is 5.33 Å². The van der Waals surface area contributed by atoms with Gasteiger partial charge in [0.2, 0.25) is 0 Å². The second-order valence-corrected chi connectivity index (χ2v) is 4.83. The van der Waals surface area contributed by atoms with E-state index < -0.39 is 0 Å². The normalized spacial score (nSPS) is 12.6. The maximum absolute atomic E-state index is 13.6. The summed E-state index contributed by atoms with van der Waals surface area (Å²) >= 11 is 3.34. The molecule has 0 radical (unpaired) electrons. The predicted molar refractivity (Wildman–Crippen MR) is 71.8 cm³/mol. The molecule has 0 aliphatic rings. The number of hydrogen-bond donors (Lipinski definition) is 0. The highest BCUT2D eigenvalue weighted by atomic mass is 79.9. The van der Waals surface area contributed by atoms with Gasteiger partial charge in [0.25, 0.3) is 0 Å². The summed E-state index contributed by atoms with van der Waals surface area (Å²) in [5, 5.41) is 0.555. The van der Waals surface area contributed by atoms with E-state index in [1.807, 2.05) is 13.1 Å². The first-order valence-electron chi connectivity index (χ1n) is 5.64. The third kappa shape index (κ3) is 3.21. The van der Waals surface area contributed by atoms with Crippen LogP contribution in [0.5, 0.6) is 0 Å². The summed E-state index contributed by atoms with van der Waals surface area (Å²) in [5.74, 6) is 0.488. The average molecular weight is 288 g/mol. The molecule has 1 nitrogen and oxygen atoms in total. The largest absolute Gasteiger partial charge is 0.374 e. The first-order valence-corrected chi connectivity index (χ1v) is 6.76. The zero-order valence-electron chi connectivity index (χ0n) is 10.1. The Labute approximate surface area is 106 Å². The van der Waals surface area contributed by atoms with E-state index in [1.54, 1.807) is 6.07 Å². The van der Waals surface area contributed by atoms with Crippen molar-refractivity contribution in [2.45, 2.75) is 25.6 Å². The molecule has 1 atom stereocenters. The molecule has 0 aliphatic carbocycles. The van der Waals surface area contributed by atoms with Gasteiger partial charge < -0.3 is 4.90 Å². The van der Waals surface area contributed by atoms with Crippen LogP contribution in [0.15, 0.2) is 18.2 Å². The summed E-state index contributed by atoms with van der Waals surface area (Å²) < 4.78 is 13.6. The first kappa shape index (κ1) is 13.5. The van der Waals surface area contributed by atoms with Gasteiger partial charge in [0.05, 0.1) is 0 Å². The quantitative estimate of drug-likeness (QED) is 0.734. The smallest absolute Gasteiger partial charge is 0.129 e. The molecule has 0 spiro atoms. The first-order chi connectivity index (χ1) is 7.60. The molecule has 0 aromatic heterocycles. The van der Waals surface area contributed by atoms with Crippen molar-refractivity contribution in [3.05, 3.63) is 29.6 Å². The van der Waals surface area contributed by atoms with Gasteiger partial charge in [0.1, 0.15) is 5.82 Å². The molecule has 1 unspecified atom stereocenters. The van der Waals surface area contributed by atoms with Crippen LogP contribution in [0.2, 0.25) is 0 Å². The van der Waals surface area contributed by atoms with Crippen LogP contribution in [0.25, 0.3) is 0 Å². The molecule has 1 rings (SSSR count). The molecule has 3 heteroatoms. The Hall–Kier alpha value is -0.570. The lowest BCUT2D eigenvalue weighted by Gasteiger charge is -2.25. The molecule has 0 heterocycles. The number of alkyl halides is 1. The minimum absolute atomic E-state index is 0.134. The van der Waals surface area contributed by atoms with Gasteiger partial charge in [-0.25, -0.2) is 4.39 Å². The maximum atomic E-state index is 13.6.